The highest BCUT2D eigenvalue weighted by Gasteiger charge is 2.27. The molecule has 0 saturated carbocycles. The van der Waals surface area contributed by atoms with Gasteiger partial charge in [0.05, 0.1) is 6.54 Å². The Hall–Kier alpha value is -3.25. The first-order chi connectivity index (χ1) is 14.9. The molecule has 0 spiro atoms. The number of amides is 2. The highest BCUT2D eigenvalue weighted by atomic mass is 35.5. The van der Waals surface area contributed by atoms with E-state index < -0.39 is 5.82 Å². The van der Waals surface area contributed by atoms with Gasteiger partial charge in [0.2, 0.25) is 5.91 Å². The Morgan fingerprint density at radius 1 is 1.03 bits per heavy atom. The van der Waals surface area contributed by atoms with Crippen molar-refractivity contribution in [3.63, 3.8) is 0 Å². The Kier molecular flexibility index (Phi) is 6.00. The van der Waals surface area contributed by atoms with Gasteiger partial charge in [-0.25, -0.2) is 8.78 Å². The number of aryl methyl sites for hydroxylation is 1. The Bertz CT molecular complexity index is 1130. The van der Waals surface area contributed by atoms with E-state index in [2.05, 4.69) is 5.32 Å². The lowest BCUT2D eigenvalue weighted by Crippen LogP contribution is -2.35. The number of hydrogen-bond donors (Lipinski definition) is 1. The average molecular weight is 441 g/mol. The van der Waals surface area contributed by atoms with Gasteiger partial charge >= 0.3 is 0 Å². The molecule has 1 N–H and O–H groups in total. The van der Waals surface area contributed by atoms with Crippen LogP contribution in [0.25, 0.3) is 0 Å². The topological polar surface area (TPSA) is 49.4 Å². The largest absolute Gasteiger partial charge is 0.348 e. The number of rotatable bonds is 5. The Labute approximate surface area is 183 Å². The van der Waals surface area contributed by atoms with E-state index in [-0.39, 0.29) is 41.3 Å². The average Bonchev–Trinajstić information content (AvgIpc) is 2.76. The van der Waals surface area contributed by atoms with E-state index in [4.69, 9.17) is 11.6 Å². The molecular formula is C24H19ClF2N2O2. The summed E-state index contributed by atoms with van der Waals surface area (Å²) in [5.74, 6) is -1.31. The summed E-state index contributed by atoms with van der Waals surface area (Å²) in [4.78, 5) is 26.8. The van der Waals surface area contributed by atoms with Gasteiger partial charge in [-0.3, -0.25) is 9.59 Å². The predicted octanol–water partition coefficient (Wildman–Crippen LogP) is 5.03. The fraction of sp³-hybridized carbons (Fsp3) is 0.167. The molecule has 0 radical (unpaired) electrons. The Morgan fingerprint density at radius 2 is 1.81 bits per heavy atom. The summed E-state index contributed by atoms with van der Waals surface area (Å²) in [5.41, 5.74) is 2.85. The van der Waals surface area contributed by atoms with E-state index in [0.717, 1.165) is 11.1 Å². The molecule has 0 aliphatic carbocycles. The summed E-state index contributed by atoms with van der Waals surface area (Å²) >= 11 is 6.15. The maximum atomic E-state index is 14.3. The molecule has 0 fully saturated rings. The number of fused-ring (bicyclic) bond motifs is 1. The van der Waals surface area contributed by atoms with Crippen molar-refractivity contribution in [2.45, 2.75) is 25.9 Å². The maximum Gasteiger partial charge on any atom is 0.251 e. The van der Waals surface area contributed by atoms with E-state index in [1.165, 1.54) is 29.2 Å². The number of nitrogens with one attached hydrogen (secondary N) is 1. The molecule has 4 rings (SSSR count). The summed E-state index contributed by atoms with van der Waals surface area (Å²) in [6.45, 7) is 0.224. The van der Waals surface area contributed by atoms with E-state index in [1.54, 1.807) is 30.3 Å². The molecule has 7 heteroatoms. The number of nitrogens with zero attached hydrogens (tertiary/aromatic N) is 1. The van der Waals surface area contributed by atoms with Crippen molar-refractivity contribution in [1.82, 2.24) is 5.32 Å². The molecule has 0 atom stereocenters. The van der Waals surface area contributed by atoms with Crippen molar-refractivity contribution < 1.29 is 18.4 Å². The fourth-order valence-electron chi connectivity index (χ4n) is 3.58. The molecular weight excluding hydrogens is 422 g/mol. The summed E-state index contributed by atoms with van der Waals surface area (Å²) in [7, 11) is 0. The minimum absolute atomic E-state index is 0.0159. The highest BCUT2D eigenvalue weighted by Crippen LogP contribution is 2.32. The van der Waals surface area contributed by atoms with Crippen LogP contribution >= 0.6 is 11.6 Å². The van der Waals surface area contributed by atoms with Crippen molar-refractivity contribution in [2.75, 3.05) is 4.90 Å². The van der Waals surface area contributed by atoms with E-state index in [1.807, 2.05) is 6.07 Å². The number of halogens is 3. The second-order valence-electron chi connectivity index (χ2n) is 7.33. The van der Waals surface area contributed by atoms with Crippen LogP contribution in [0.2, 0.25) is 5.02 Å². The van der Waals surface area contributed by atoms with Crippen LogP contribution in [-0.4, -0.2) is 11.8 Å². The summed E-state index contributed by atoms with van der Waals surface area (Å²) in [5, 5.41) is 3.03. The third-order valence-corrected chi connectivity index (χ3v) is 5.65. The predicted molar refractivity (Wildman–Crippen MR) is 115 cm³/mol. The van der Waals surface area contributed by atoms with Crippen LogP contribution in [-0.2, 0) is 24.3 Å². The molecule has 1 aliphatic rings. The molecule has 31 heavy (non-hydrogen) atoms. The number of carbonyl (C=O) groups is 2. The van der Waals surface area contributed by atoms with Crippen LogP contribution < -0.4 is 10.2 Å². The van der Waals surface area contributed by atoms with Crippen LogP contribution in [0.1, 0.15) is 33.5 Å². The first kappa shape index (κ1) is 21.0. The third kappa shape index (κ3) is 4.59. The SMILES string of the molecule is O=C(NCc1ccc(F)cc1)c1ccc2c(c1)N(Cc1c(F)cccc1Cl)C(=O)CC2. The quantitative estimate of drug-likeness (QED) is 0.605. The zero-order chi connectivity index (χ0) is 22.0. The van der Waals surface area contributed by atoms with Crippen LogP contribution in [0.4, 0.5) is 14.5 Å². The molecule has 1 heterocycles. The normalized spacial score (nSPS) is 13.1. The second kappa shape index (κ2) is 8.86. The van der Waals surface area contributed by atoms with Crippen molar-refractivity contribution in [2.24, 2.45) is 0 Å². The van der Waals surface area contributed by atoms with E-state index in [9.17, 15) is 18.4 Å². The molecule has 3 aromatic rings. The van der Waals surface area contributed by atoms with Gasteiger partial charge in [-0.1, -0.05) is 35.9 Å². The van der Waals surface area contributed by atoms with Gasteiger partial charge in [0.1, 0.15) is 11.6 Å². The third-order valence-electron chi connectivity index (χ3n) is 5.29. The molecule has 3 aromatic carbocycles. The zero-order valence-corrected chi connectivity index (χ0v) is 17.3. The van der Waals surface area contributed by atoms with Crippen molar-refractivity contribution >= 4 is 29.1 Å². The summed E-state index contributed by atoms with van der Waals surface area (Å²) < 4.78 is 27.3. The molecule has 4 nitrogen and oxygen atoms in total. The molecule has 0 aromatic heterocycles. The van der Waals surface area contributed by atoms with Gasteiger partial charge in [0.25, 0.3) is 5.91 Å². The zero-order valence-electron chi connectivity index (χ0n) is 16.5. The van der Waals surface area contributed by atoms with Gasteiger partial charge in [0.15, 0.2) is 0 Å². The van der Waals surface area contributed by atoms with Gasteiger partial charge in [-0.2, -0.15) is 0 Å². The maximum absolute atomic E-state index is 14.3. The van der Waals surface area contributed by atoms with Crippen molar-refractivity contribution in [3.05, 3.63) is 99.6 Å². The molecule has 158 valence electrons. The second-order valence-corrected chi connectivity index (χ2v) is 7.74. The number of benzene rings is 3. The first-order valence-electron chi connectivity index (χ1n) is 9.81. The van der Waals surface area contributed by atoms with Crippen LogP contribution in [0, 0.1) is 11.6 Å². The van der Waals surface area contributed by atoms with Gasteiger partial charge in [-0.05, 0) is 53.9 Å². The van der Waals surface area contributed by atoms with Crippen molar-refractivity contribution in [3.8, 4) is 0 Å². The van der Waals surface area contributed by atoms with E-state index >= 15 is 0 Å². The number of anilines is 1. The molecule has 0 bridgehead atoms. The first-order valence-corrected chi connectivity index (χ1v) is 10.2. The molecule has 0 saturated heterocycles. The lowest BCUT2D eigenvalue weighted by atomic mass is 9.98. The van der Waals surface area contributed by atoms with Crippen LogP contribution in [0.5, 0.6) is 0 Å². The van der Waals surface area contributed by atoms with Crippen LogP contribution in [0.3, 0.4) is 0 Å². The number of carbonyl (C=O) groups excluding carboxylic acids is 2. The smallest absolute Gasteiger partial charge is 0.251 e. The monoisotopic (exact) mass is 440 g/mol. The summed E-state index contributed by atoms with van der Waals surface area (Å²) in [6.07, 6.45) is 0.850. The minimum atomic E-state index is -0.486. The van der Waals surface area contributed by atoms with Gasteiger partial charge < -0.3 is 10.2 Å². The minimum Gasteiger partial charge on any atom is -0.348 e. The lowest BCUT2D eigenvalue weighted by Gasteiger charge is -2.30. The van der Waals surface area contributed by atoms with Crippen LogP contribution in [0.15, 0.2) is 60.7 Å². The van der Waals surface area contributed by atoms with E-state index in [0.29, 0.717) is 24.1 Å². The fourth-order valence-corrected chi connectivity index (χ4v) is 3.80. The van der Waals surface area contributed by atoms with Gasteiger partial charge in [0, 0.05) is 34.8 Å². The lowest BCUT2D eigenvalue weighted by molar-refractivity contribution is -0.119. The Balaban J connectivity index is 1.57. The molecule has 0 unspecified atom stereocenters. The van der Waals surface area contributed by atoms with Crippen molar-refractivity contribution in [1.29, 1.82) is 0 Å². The standard InChI is InChI=1S/C24H19ClF2N2O2/c25-20-2-1-3-21(27)19(20)14-29-22-12-17(7-6-16(22)8-11-23(29)30)24(31)28-13-15-4-9-18(26)10-5-15/h1-7,9-10,12H,8,11,13-14H2,(H,28,31). The molecule has 1 aliphatic heterocycles. The highest BCUT2D eigenvalue weighted by molar-refractivity contribution is 6.31. The summed E-state index contributed by atoms with van der Waals surface area (Å²) in [6, 6.07) is 15.4. The Morgan fingerprint density at radius 3 is 2.55 bits per heavy atom. The van der Waals surface area contributed by atoms with Gasteiger partial charge in [-0.15, -0.1) is 0 Å². The number of hydrogen-bond acceptors (Lipinski definition) is 2. The molecule has 2 amide bonds.